The summed E-state index contributed by atoms with van der Waals surface area (Å²) in [5.74, 6) is -0.383. The molecule has 0 unspecified atom stereocenters. The molecule has 0 atom stereocenters. The second kappa shape index (κ2) is 6.12. The molecule has 1 aromatic heterocycles. The summed E-state index contributed by atoms with van der Waals surface area (Å²) >= 11 is 0. The van der Waals surface area contributed by atoms with Gasteiger partial charge in [0.1, 0.15) is 11.8 Å². The van der Waals surface area contributed by atoms with E-state index in [0.29, 0.717) is 11.3 Å². The number of ether oxygens (including phenoxy) is 1. The van der Waals surface area contributed by atoms with Crippen molar-refractivity contribution in [2.75, 3.05) is 7.11 Å². The number of nitriles is 1. The average molecular weight is 304 g/mol. The average Bonchev–Trinajstić information content (AvgIpc) is 3.10. The summed E-state index contributed by atoms with van der Waals surface area (Å²) in [7, 11) is 1.35. The molecule has 3 rings (SSSR count). The minimum absolute atomic E-state index is 0.241. The van der Waals surface area contributed by atoms with Gasteiger partial charge in [0.25, 0.3) is 0 Å². The van der Waals surface area contributed by atoms with Crippen molar-refractivity contribution in [1.29, 1.82) is 5.26 Å². The van der Waals surface area contributed by atoms with Crippen LogP contribution in [0.4, 0.5) is 0 Å². The normalized spacial score (nSPS) is 10.1. The monoisotopic (exact) mass is 304 g/mol. The lowest BCUT2D eigenvalue weighted by atomic mass is 9.99. The third-order valence-corrected chi connectivity index (χ3v) is 3.41. The number of carbonyl (C=O) groups is 1. The lowest BCUT2D eigenvalue weighted by Gasteiger charge is -2.06. The van der Waals surface area contributed by atoms with Gasteiger partial charge in [-0.25, -0.2) is 4.79 Å². The second-order valence-electron chi connectivity index (χ2n) is 4.79. The summed E-state index contributed by atoms with van der Waals surface area (Å²) < 4.78 is 4.74. The molecule has 0 amide bonds. The van der Waals surface area contributed by atoms with E-state index in [0.717, 1.165) is 16.7 Å². The Morgan fingerprint density at radius 3 is 2.52 bits per heavy atom. The highest BCUT2D eigenvalue weighted by atomic mass is 16.5. The number of carbonyl (C=O) groups excluding carboxylic acids is 1. The highest BCUT2D eigenvalue weighted by molar-refractivity contribution is 5.91. The molecule has 0 saturated heterocycles. The first kappa shape index (κ1) is 14.5. The van der Waals surface area contributed by atoms with Gasteiger partial charge in [0, 0.05) is 5.56 Å². The molecule has 0 aliphatic carbocycles. The SMILES string of the molecule is COC(=O)c1cccc(-c2cccc(-c3n[nH]nc3C#N)c2)c1. The zero-order chi connectivity index (χ0) is 16.2. The van der Waals surface area contributed by atoms with Crippen LogP contribution in [0.3, 0.4) is 0 Å². The summed E-state index contributed by atoms with van der Waals surface area (Å²) in [5, 5.41) is 19.3. The number of nitrogens with one attached hydrogen (secondary N) is 1. The highest BCUT2D eigenvalue weighted by Gasteiger charge is 2.11. The van der Waals surface area contributed by atoms with Crippen LogP contribution in [-0.2, 0) is 4.74 Å². The van der Waals surface area contributed by atoms with Gasteiger partial charge in [0.05, 0.1) is 12.7 Å². The smallest absolute Gasteiger partial charge is 0.337 e. The number of H-pyrrole nitrogens is 1. The molecular formula is C17H12N4O2. The summed E-state index contributed by atoms with van der Waals surface area (Å²) in [6.45, 7) is 0. The van der Waals surface area contributed by atoms with Gasteiger partial charge < -0.3 is 4.74 Å². The molecule has 23 heavy (non-hydrogen) atoms. The van der Waals surface area contributed by atoms with Crippen LogP contribution in [0.2, 0.25) is 0 Å². The van der Waals surface area contributed by atoms with E-state index < -0.39 is 0 Å². The van der Waals surface area contributed by atoms with Crippen LogP contribution in [0.15, 0.2) is 48.5 Å². The number of aromatic nitrogens is 3. The summed E-state index contributed by atoms with van der Waals surface area (Å²) in [6, 6.07) is 16.7. The zero-order valence-electron chi connectivity index (χ0n) is 12.3. The van der Waals surface area contributed by atoms with E-state index in [1.165, 1.54) is 7.11 Å². The Hall–Kier alpha value is -3.46. The Kier molecular flexibility index (Phi) is 3.85. The Bertz CT molecular complexity index is 909. The Morgan fingerprint density at radius 2 is 1.78 bits per heavy atom. The predicted molar refractivity (Wildman–Crippen MR) is 83.3 cm³/mol. The first-order valence-corrected chi connectivity index (χ1v) is 6.83. The zero-order valence-corrected chi connectivity index (χ0v) is 12.3. The van der Waals surface area contributed by atoms with E-state index in [-0.39, 0.29) is 11.7 Å². The molecule has 1 N–H and O–H groups in total. The lowest BCUT2D eigenvalue weighted by molar-refractivity contribution is 0.0601. The molecule has 0 bridgehead atoms. The second-order valence-corrected chi connectivity index (χ2v) is 4.79. The lowest BCUT2D eigenvalue weighted by Crippen LogP contribution is -2.00. The number of methoxy groups -OCH3 is 1. The summed E-state index contributed by atoms with van der Waals surface area (Å²) in [5.41, 5.74) is 3.77. The minimum Gasteiger partial charge on any atom is -0.465 e. The van der Waals surface area contributed by atoms with Gasteiger partial charge in [-0.05, 0) is 29.3 Å². The molecule has 0 radical (unpaired) electrons. The predicted octanol–water partition coefficient (Wildman–Crippen LogP) is 2.80. The van der Waals surface area contributed by atoms with Gasteiger partial charge in [-0.15, -0.1) is 5.10 Å². The first-order valence-electron chi connectivity index (χ1n) is 6.83. The van der Waals surface area contributed by atoms with E-state index in [1.807, 2.05) is 36.4 Å². The summed E-state index contributed by atoms with van der Waals surface area (Å²) in [4.78, 5) is 11.7. The molecule has 0 saturated carbocycles. The molecule has 0 spiro atoms. The number of nitrogens with zero attached hydrogens (tertiary/aromatic N) is 3. The number of esters is 1. The fraction of sp³-hybridized carbons (Fsp3) is 0.0588. The number of rotatable bonds is 3. The molecule has 0 aliphatic rings. The maximum atomic E-state index is 11.7. The number of aromatic amines is 1. The van der Waals surface area contributed by atoms with E-state index in [4.69, 9.17) is 10.00 Å². The van der Waals surface area contributed by atoms with Crippen molar-refractivity contribution < 1.29 is 9.53 Å². The van der Waals surface area contributed by atoms with Crippen LogP contribution in [0.5, 0.6) is 0 Å². The quantitative estimate of drug-likeness (QED) is 0.751. The highest BCUT2D eigenvalue weighted by Crippen LogP contribution is 2.27. The third kappa shape index (κ3) is 2.80. The largest absolute Gasteiger partial charge is 0.465 e. The van der Waals surface area contributed by atoms with Crippen LogP contribution >= 0.6 is 0 Å². The standard InChI is InChI=1S/C17H12N4O2/c1-23-17(22)14-7-3-5-12(9-14)11-4-2-6-13(8-11)16-15(10-18)19-21-20-16/h2-9H,1H3,(H,19,20,21). The van der Waals surface area contributed by atoms with Crippen molar-refractivity contribution >= 4 is 5.97 Å². The van der Waals surface area contributed by atoms with Gasteiger partial charge in [-0.1, -0.05) is 30.3 Å². The topological polar surface area (TPSA) is 91.7 Å². The molecule has 3 aromatic rings. The van der Waals surface area contributed by atoms with Gasteiger partial charge in [-0.2, -0.15) is 15.6 Å². The Balaban J connectivity index is 2.04. The molecule has 112 valence electrons. The van der Waals surface area contributed by atoms with Gasteiger partial charge in [-0.3, -0.25) is 0 Å². The van der Waals surface area contributed by atoms with Crippen molar-refractivity contribution in [3.05, 3.63) is 59.8 Å². The number of benzene rings is 2. The van der Waals surface area contributed by atoms with E-state index in [2.05, 4.69) is 15.4 Å². The van der Waals surface area contributed by atoms with E-state index in [9.17, 15) is 4.79 Å². The van der Waals surface area contributed by atoms with Crippen molar-refractivity contribution in [3.63, 3.8) is 0 Å². The molecular weight excluding hydrogens is 292 g/mol. The van der Waals surface area contributed by atoms with Gasteiger partial charge in [0.15, 0.2) is 5.69 Å². The molecule has 0 fully saturated rings. The summed E-state index contributed by atoms with van der Waals surface area (Å²) in [6.07, 6.45) is 0. The fourth-order valence-electron chi connectivity index (χ4n) is 2.30. The van der Waals surface area contributed by atoms with Crippen molar-refractivity contribution in [3.8, 4) is 28.5 Å². The molecule has 1 heterocycles. The maximum Gasteiger partial charge on any atom is 0.337 e. The van der Waals surface area contributed by atoms with Crippen molar-refractivity contribution in [2.24, 2.45) is 0 Å². The third-order valence-electron chi connectivity index (χ3n) is 3.41. The van der Waals surface area contributed by atoms with Crippen LogP contribution in [0.25, 0.3) is 22.4 Å². The molecule has 0 aliphatic heterocycles. The van der Waals surface area contributed by atoms with Crippen LogP contribution in [-0.4, -0.2) is 28.5 Å². The first-order chi connectivity index (χ1) is 11.2. The fourth-order valence-corrected chi connectivity index (χ4v) is 2.30. The molecule has 6 heteroatoms. The van der Waals surface area contributed by atoms with Gasteiger partial charge >= 0.3 is 5.97 Å². The van der Waals surface area contributed by atoms with Crippen molar-refractivity contribution in [1.82, 2.24) is 15.4 Å². The number of hydrogen-bond acceptors (Lipinski definition) is 5. The maximum absolute atomic E-state index is 11.7. The molecule has 2 aromatic carbocycles. The van der Waals surface area contributed by atoms with Crippen LogP contribution in [0.1, 0.15) is 16.1 Å². The van der Waals surface area contributed by atoms with Crippen molar-refractivity contribution in [2.45, 2.75) is 0 Å². The molecule has 6 nitrogen and oxygen atoms in total. The minimum atomic E-state index is -0.383. The Morgan fingerprint density at radius 1 is 1.09 bits per heavy atom. The van der Waals surface area contributed by atoms with E-state index in [1.54, 1.807) is 18.2 Å². The number of hydrogen-bond donors (Lipinski definition) is 1. The van der Waals surface area contributed by atoms with E-state index >= 15 is 0 Å². The van der Waals surface area contributed by atoms with Crippen LogP contribution in [0, 0.1) is 11.3 Å². The van der Waals surface area contributed by atoms with Crippen LogP contribution < -0.4 is 0 Å². The Labute approximate surface area is 132 Å². The van der Waals surface area contributed by atoms with Gasteiger partial charge in [0.2, 0.25) is 0 Å².